The second kappa shape index (κ2) is 5.20. The van der Waals surface area contributed by atoms with E-state index in [1.165, 1.54) is 16.3 Å². The quantitative estimate of drug-likeness (QED) is 0.893. The van der Waals surface area contributed by atoms with Gasteiger partial charge in [-0.25, -0.2) is 0 Å². The fourth-order valence-corrected chi connectivity index (χ4v) is 2.79. The molecule has 1 unspecified atom stereocenters. The van der Waals surface area contributed by atoms with Gasteiger partial charge in [0, 0.05) is 43.2 Å². The second-order valence-electron chi connectivity index (χ2n) is 5.45. The van der Waals surface area contributed by atoms with E-state index in [-0.39, 0.29) is 17.5 Å². The molecule has 1 aliphatic carbocycles. The minimum atomic E-state index is -0.214. The minimum absolute atomic E-state index is 0.0287. The molecule has 0 radical (unpaired) electrons. The average molecular weight is 286 g/mol. The third kappa shape index (κ3) is 2.49. The van der Waals surface area contributed by atoms with Gasteiger partial charge in [0.25, 0.3) is 11.5 Å². The zero-order valence-corrected chi connectivity index (χ0v) is 12.2. The van der Waals surface area contributed by atoms with E-state index in [0.29, 0.717) is 5.56 Å². The van der Waals surface area contributed by atoms with Crippen LogP contribution in [0.25, 0.3) is 0 Å². The highest BCUT2D eigenvalue weighted by Crippen LogP contribution is 2.29. The van der Waals surface area contributed by atoms with Crippen LogP contribution in [-0.4, -0.2) is 20.3 Å². The van der Waals surface area contributed by atoms with E-state index in [0.717, 1.165) is 24.8 Å². The zero-order chi connectivity index (χ0) is 15.0. The molecule has 1 N–H and O–H groups in total. The van der Waals surface area contributed by atoms with Crippen molar-refractivity contribution < 1.29 is 4.79 Å². The van der Waals surface area contributed by atoms with Crippen molar-refractivity contribution in [3.8, 4) is 0 Å². The Balaban J connectivity index is 1.82. The molecule has 2 heterocycles. The van der Waals surface area contributed by atoms with E-state index in [1.54, 1.807) is 19.3 Å². The van der Waals surface area contributed by atoms with Crippen LogP contribution < -0.4 is 10.9 Å². The standard InChI is InChI=1S/C15H18N4O2/c1-18-7-6-10(8-14(18)20)15(21)17-12-4-3-5-13-11(12)9-16-19(13)2/h6-9,12H,3-5H2,1-2H3,(H,17,21). The summed E-state index contributed by atoms with van der Waals surface area (Å²) in [5.74, 6) is -0.214. The summed E-state index contributed by atoms with van der Waals surface area (Å²) in [6, 6.07) is 2.99. The Morgan fingerprint density at radius 2 is 2.24 bits per heavy atom. The Morgan fingerprint density at radius 1 is 1.43 bits per heavy atom. The van der Waals surface area contributed by atoms with Gasteiger partial charge in [0.2, 0.25) is 0 Å². The number of carbonyl (C=O) groups is 1. The number of pyridine rings is 1. The molecule has 21 heavy (non-hydrogen) atoms. The van der Waals surface area contributed by atoms with Crippen LogP contribution in [0.5, 0.6) is 0 Å². The van der Waals surface area contributed by atoms with E-state index in [1.807, 2.05) is 17.9 Å². The number of amides is 1. The lowest BCUT2D eigenvalue weighted by Gasteiger charge is -2.23. The zero-order valence-electron chi connectivity index (χ0n) is 12.2. The number of hydrogen-bond donors (Lipinski definition) is 1. The monoisotopic (exact) mass is 286 g/mol. The van der Waals surface area contributed by atoms with E-state index in [4.69, 9.17) is 0 Å². The van der Waals surface area contributed by atoms with Crippen LogP contribution >= 0.6 is 0 Å². The number of aryl methyl sites for hydroxylation is 2. The maximum Gasteiger partial charge on any atom is 0.252 e. The van der Waals surface area contributed by atoms with Gasteiger partial charge < -0.3 is 9.88 Å². The lowest BCUT2D eigenvalue weighted by atomic mass is 9.93. The maximum atomic E-state index is 12.3. The number of aromatic nitrogens is 3. The molecule has 0 aliphatic heterocycles. The number of fused-ring (bicyclic) bond motifs is 1. The van der Waals surface area contributed by atoms with Gasteiger partial charge in [-0.3, -0.25) is 14.3 Å². The van der Waals surface area contributed by atoms with Gasteiger partial charge in [0.15, 0.2) is 0 Å². The molecule has 3 rings (SSSR count). The van der Waals surface area contributed by atoms with E-state index in [2.05, 4.69) is 10.4 Å². The molecule has 2 aromatic heterocycles. The molecule has 0 bridgehead atoms. The summed E-state index contributed by atoms with van der Waals surface area (Å²) in [4.78, 5) is 23.9. The Bertz CT molecular complexity index is 744. The van der Waals surface area contributed by atoms with Crippen LogP contribution in [0.4, 0.5) is 0 Å². The fourth-order valence-electron chi connectivity index (χ4n) is 2.79. The van der Waals surface area contributed by atoms with Crippen LogP contribution in [-0.2, 0) is 20.5 Å². The number of nitrogens with one attached hydrogen (secondary N) is 1. The Hall–Kier alpha value is -2.37. The third-order valence-electron chi connectivity index (χ3n) is 4.05. The maximum absolute atomic E-state index is 12.3. The molecule has 0 saturated carbocycles. The molecule has 6 heteroatoms. The van der Waals surface area contributed by atoms with E-state index in [9.17, 15) is 9.59 Å². The summed E-state index contributed by atoms with van der Waals surface area (Å²) in [6.07, 6.45) is 6.34. The molecule has 6 nitrogen and oxygen atoms in total. The van der Waals surface area contributed by atoms with Crippen LogP contribution in [0.15, 0.2) is 29.3 Å². The van der Waals surface area contributed by atoms with Crippen molar-refractivity contribution in [3.63, 3.8) is 0 Å². The lowest BCUT2D eigenvalue weighted by molar-refractivity contribution is 0.0932. The number of nitrogens with zero attached hydrogens (tertiary/aromatic N) is 3. The first-order chi connectivity index (χ1) is 10.1. The van der Waals surface area contributed by atoms with Crippen molar-refractivity contribution in [2.24, 2.45) is 14.1 Å². The SMILES string of the molecule is Cn1ncc2c1CCCC2NC(=O)c1ccn(C)c(=O)c1. The molecule has 110 valence electrons. The van der Waals surface area contributed by atoms with Gasteiger partial charge in [-0.05, 0) is 25.3 Å². The molecular weight excluding hydrogens is 268 g/mol. The topological polar surface area (TPSA) is 68.9 Å². The predicted molar refractivity (Wildman–Crippen MR) is 78.0 cm³/mol. The molecule has 0 spiro atoms. The fraction of sp³-hybridized carbons (Fsp3) is 0.400. The molecule has 2 aromatic rings. The second-order valence-corrected chi connectivity index (χ2v) is 5.45. The molecule has 1 aliphatic rings. The molecule has 0 aromatic carbocycles. The first-order valence-electron chi connectivity index (χ1n) is 7.04. The number of rotatable bonds is 2. The minimum Gasteiger partial charge on any atom is -0.345 e. The van der Waals surface area contributed by atoms with Crippen LogP contribution in [0.1, 0.15) is 40.5 Å². The van der Waals surface area contributed by atoms with Gasteiger partial charge in [0.1, 0.15) is 0 Å². The van der Waals surface area contributed by atoms with Crippen molar-refractivity contribution in [1.82, 2.24) is 19.7 Å². The first-order valence-corrected chi connectivity index (χ1v) is 7.04. The average Bonchev–Trinajstić information content (AvgIpc) is 2.85. The predicted octanol–water partition coefficient (Wildman–Crippen LogP) is 0.926. The molecule has 0 saturated heterocycles. The van der Waals surface area contributed by atoms with Crippen LogP contribution in [0.3, 0.4) is 0 Å². The van der Waals surface area contributed by atoms with Gasteiger partial charge >= 0.3 is 0 Å². The molecule has 1 atom stereocenters. The van der Waals surface area contributed by atoms with Crippen LogP contribution in [0, 0.1) is 0 Å². The van der Waals surface area contributed by atoms with Gasteiger partial charge in [-0.15, -0.1) is 0 Å². The highest BCUT2D eigenvalue weighted by molar-refractivity contribution is 5.94. The van der Waals surface area contributed by atoms with Crippen molar-refractivity contribution in [3.05, 3.63) is 51.7 Å². The van der Waals surface area contributed by atoms with Crippen molar-refractivity contribution >= 4 is 5.91 Å². The van der Waals surface area contributed by atoms with Gasteiger partial charge in [-0.1, -0.05) is 0 Å². The Kier molecular flexibility index (Phi) is 3.37. The summed E-state index contributed by atoms with van der Waals surface area (Å²) >= 11 is 0. The third-order valence-corrected chi connectivity index (χ3v) is 4.05. The summed E-state index contributed by atoms with van der Waals surface area (Å²) in [5.41, 5.74) is 2.47. The first kappa shape index (κ1) is 13.6. The Labute approximate surface area is 122 Å². The van der Waals surface area contributed by atoms with Crippen molar-refractivity contribution in [2.75, 3.05) is 0 Å². The Morgan fingerprint density at radius 3 is 3.00 bits per heavy atom. The summed E-state index contributed by atoms with van der Waals surface area (Å²) < 4.78 is 3.31. The van der Waals surface area contributed by atoms with Crippen LogP contribution in [0.2, 0.25) is 0 Å². The molecule has 1 amide bonds. The largest absolute Gasteiger partial charge is 0.345 e. The highest BCUT2D eigenvalue weighted by Gasteiger charge is 2.25. The van der Waals surface area contributed by atoms with E-state index >= 15 is 0 Å². The van der Waals surface area contributed by atoms with Gasteiger partial charge in [0.05, 0.1) is 12.2 Å². The van der Waals surface area contributed by atoms with Gasteiger partial charge in [-0.2, -0.15) is 5.10 Å². The number of carbonyl (C=O) groups excluding carboxylic acids is 1. The van der Waals surface area contributed by atoms with E-state index < -0.39 is 0 Å². The smallest absolute Gasteiger partial charge is 0.252 e. The number of hydrogen-bond acceptors (Lipinski definition) is 3. The summed E-state index contributed by atoms with van der Waals surface area (Å²) in [7, 11) is 3.58. The van der Waals surface area contributed by atoms with Crippen molar-refractivity contribution in [1.29, 1.82) is 0 Å². The normalized spacial score (nSPS) is 17.3. The molecular formula is C15H18N4O2. The van der Waals surface area contributed by atoms with Crippen molar-refractivity contribution in [2.45, 2.75) is 25.3 Å². The summed E-state index contributed by atoms with van der Waals surface area (Å²) in [6.45, 7) is 0. The lowest BCUT2D eigenvalue weighted by Crippen LogP contribution is -2.32. The highest BCUT2D eigenvalue weighted by atomic mass is 16.2. The summed E-state index contributed by atoms with van der Waals surface area (Å²) in [5, 5.41) is 7.28. The molecule has 0 fully saturated rings.